The van der Waals surface area contributed by atoms with Gasteiger partial charge < -0.3 is 10.0 Å². The molecular formula is C33H33F3N4O3S. The van der Waals surface area contributed by atoms with E-state index in [1.165, 1.54) is 34.1 Å². The molecule has 4 aromatic rings. The van der Waals surface area contributed by atoms with Crippen LogP contribution in [-0.4, -0.2) is 49.7 Å². The van der Waals surface area contributed by atoms with Crippen molar-refractivity contribution < 1.29 is 27.9 Å². The molecule has 0 spiro atoms. The summed E-state index contributed by atoms with van der Waals surface area (Å²) in [6, 6.07) is 13.5. The monoisotopic (exact) mass is 622 g/mol. The van der Waals surface area contributed by atoms with Gasteiger partial charge in [-0.2, -0.15) is 18.3 Å². The molecule has 4 heterocycles. The van der Waals surface area contributed by atoms with Gasteiger partial charge >= 0.3 is 12.1 Å². The number of hydrogen-bond acceptors (Lipinski definition) is 5. The van der Waals surface area contributed by atoms with Crippen molar-refractivity contribution in [2.24, 2.45) is 5.92 Å². The summed E-state index contributed by atoms with van der Waals surface area (Å²) in [4.78, 5) is 32.3. The van der Waals surface area contributed by atoms with Crippen LogP contribution < -0.4 is 0 Å². The number of likely N-dealkylation sites (tertiary alicyclic amines) is 1. The Labute approximate surface area is 257 Å². The number of carbonyl (C=O) groups excluding carboxylic acids is 1. The van der Waals surface area contributed by atoms with Crippen molar-refractivity contribution >= 4 is 23.2 Å². The highest BCUT2D eigenvalue weighted by atomic mass is 32.1. The Morgan fingerprint density at radius 3 is 2.39 bits per heavy atom. The molecule has 0 bridgehead atoms. The van der Waals surface area contributed by atoms with Crippen LogP contribution >= 0.6 is 11.3 Å². The van der Waals surface area contributed by atoms with E-state index in [0.29, 0.717) is 28.4 Å². The molecule has 230 valence electrons. The van der Waals surface area contributed by atoms with Crippen molar-refractivity contribution in [2.45, 2.75) is 64.5 Å². The van der Waals surface area contributed by atoms with E-state index >= 15 is 0 Å². The first-order chi connectivity index (χ1) is 21.0. The molecule has 44 heavy (non-hydrogen) atoms. The van der Waals surface area contributed by atoms with E-state index in [2.05, 4.69) is 41.3 Å². The number of aryl methyl sites for hydroxylation is 4. The van der Waals surface area contributed by atoms with Crippen LogP contribution in [0.15, 0.2) is 48.7 Å². The Morgan fingerprint density at radius 1 is 1.00 bits per heavy atom. The van der Waals surface area contributed by atoms with Crippen molar-refractivity contribution in [3.05, 3.63) is 87.0 Å². The standard InChI is InChI=1S/C33H33F3N4O3S/c1-19-16-24(22-12-14-39(15-13-22)31(41)23-8-9-23)10-6-21(19)7-11-25-17-20(2)44-29(25)27-4-3-5-28(38-27)40-30(33(34,35)36)26(18-37-40)32(42)43/h3-6,10,16-18,22-23H,7-9,11-15H2,1-2H3,(H,42,43). The number of aromatic carboxylic acids is 1. The number of benzene rings is 1. The van der Waals surface area contributed by atoms with E-state index in [0.717, 1.165) is 66.9 Å². The maximum absolute atomic E-state index is 13.8. The van der Waals surface area contributed by atoms with Crippen LogP contribution in [0.3, 0.4) is 0 Å². The topological polar surface area (TPSA) is 88.3 Å². The van der Waals surface area contributed by atoms with Gasteiger partial charge in [0, 0.05) is 23.9 Å². The lowest BCUT2D eigenvalue weighted by molar-refractivity contribution is -0.143. The average Bonchev–Trinajstić information content (AvgIpc) is 3.62. The van der Waals surface area contributed by atoms with Crippen molar-refractivity contribution in [1.82, 2.24) is 19.7 Å². The lowest BCUT2D eigenvalue weighted by atomic mass is 9.87. The Balaban J connectivity index is 1.18. The highest BCUT2D eigenvalue weighted by Crippen LogP contribution is 2.37. The normalized spacial score (nSPS) is 16.0. The molecule has 0 radical (unpaired) electrons. The van der Waals surface area contributed by atoms with Crippen molar-refractivity contribution in [3.8, 4) is 16.4 Å². The molecular weight excluding hydrogens is 589 g/mol. The van der Waals surface area contributed by atoms with Gasteiger partial charge in [0.1, 0.15) is 5.56 Å². The SMILES string of the molecule is Cc1cc(CCc2ccc(C3CCN(C(=O)C4CC4)CC3)cc2C)c(-c2cccc(-n3ncc(C(=O)O)c3C(F)(F)F)n2)s1. The number of piperidine rings is 1. The van der Waals surface area contributed by atoms with Gasteiger partial charge in [-0.05, 0) is 98.7 Å². The molecule has 2 fully saturated rings. The minimum Gasteiger partial charge on any atom is -0.478 e. The van der Waals surface area contributed by atoms with Crippen LogP contribution in [0.1, 0.15) is 74.8 Å². The molecule has 1 amide bonds. The number of thiophene rings is 1. The van der Waals surface area contributed by atoms with Crippen molar-refractivity contribution in [1.29, 1.82) is 0 Å². The average molecular weight is 623 g/mol. The maximum Gasteiger partial charge on any atom is 0.434 e. The second kappa shape index (κ2) is 11.8. The van der Waals surface area contributed by atoms with E-state index in [4.69, 9.17) is 0 Å². The van der Waals surface area contributed by atoms with Crippen LogP contribution in [0, 0.1) is 19.8 Å². The van der Waals surface area contributed by atoms with E-state index in [9.17, 15) is 27.9 Å². The number of carbonyl (C=O) groups is 2. The first-order valence-corrected chi connectivity index (χ1v) is 15.6. The van der Waals surface area contributed by atoms with Crippen molar-refractivity contribution in [2.75, 3.05) is 13.1 Å². The predicted octanol–water partition coefficient (Wildman–Crippen LogP) is 7.23. The number of nitrogens with zero attached hydrogens (tertiary/aromatic N) is 4. The minimum absolute atomic E-state index is 0.103. The number of aromatic nitrogens is 3. The molecule has 2 aliphatic rings. The van der Waals surface area contributed by atoms with Gasteiger partial charge in [0.05, 0.1) is 16.8 Å². The molecule has 0 unspecified atom stereocenters. The van der Waals surface area contributed by atoms with Crippen LogP contribution in [0.4, 0.5) is 13.2 Å². The summed E-state index contributed by atoms with van der Waals surface area (Å²) in [5.74, 6) is -0.751. The summed E-state index contributed by atoms with van der Waals surface area (Å²) >= 11 is 1.52. The second-order valence-electron chi connectivity index (χ2n) is 11.8. The third kappa shape index (κ3) is 6.15. The van der Waals surface area contributed by atoms with Crippen LogP contribution in [0.5, 0.6) is 0 Å². The maximum atomic E-state index is 13.8. The van der Waals surface area contributed by atoms with Crippen LogP contribution in [0.2, 0.25) is 0 Å². The highest BCUT2D eigenvalue weighted by molar-refractivity contribution is 7.15. The quantitative estimate of drug-likeness (QED) is 0.224. The summed E-state index contributed by atoms with van der Waals surface area (Å²) in [7, 11) is 0. The van der Waals surface area contributed by atoms with Gasteiger partial charge in [0.15, 0.2) is 11.5 Å². The van der Waals surface area contributed by atoms with Gasteiger partial charge in [-0.1, -0.05) is 24.3 Å². The fourth-order valence-electron chi connectivity index (χ4n) is 6.13. The minimum atomic E-state index is -4.92. The number of hydrogen-bond donors (Lipinski definition) is 1. The Morgan fingerprint density at radius 2 is 1.73 bits per heavy atom. The Bertz CT molecular complexity index is 1720. The molecule has 6 rings (SSSR count). The second-order valence-corrected chi connectivity index (χ2v) is 13.0. The van der Waals surface area contributed by atoms with Gasteiger partial charge in [-0.25, -0.2) is 14.5 Å². The van der Waals surface area contributed by atoms with Crippen LogP contribution in [-0.2, 0) is 23.8 Å². The first-order valence-electron chi connectivity index (χ1n) is 14.8. The largest absolute Gasteiger partial charge is 0.478 e. The Kier molecular flexibility index (Phi) is 8.08. The number of carboxylic acid groups (broad SMARTS) is 1. The molecule has 11 heteroatoms. The molecule has 1 N–H and O–H groups in total. The highest BCUT2D eigenvalue weighted by Gasteiger charge is 2.41. The number of carboxylic acids is 1. The fourth-order valence-corrected chi connectivity index (χ4v) is 7.17. The number of amides is 1. The Hall–Kier alpha value is -3.99. The lowest BCUT2D eigenvalue weighted by Crippen LogP contribution is -2.38. The summed E-state index contributed by atoms with van der Waals surface area (Å²) < 4.78 is 42.0. The summed E-state index contributed by atoms with van der Waals surface area (Å²) in [5, 5.41) is 13.0. The number of alkyl halides is 3. The zero-order chi connectivity index (χ0) is 31.2. The van der Waals surface area contributed by atoms with Crippen LogP contribution in [0.25, 0.3) is 16.4 Å². The molecule has 0 atom stereocenters. The third-order valence-corrected chi connectivity index (χ3v) is 9.73. The van der Waals surface area contributed by atoms with E-state index < -0.39 is 23.4 Å². The number of rotatable bonds is 8. The number of halogens is 3. The summed E-state index contributed by atoms with van der Waals surface area (Å²) in [5.41, 5.74) is 3.05. The van der Waals surface area contributed by atoms with E-state index in [1.807, 2.05) is 11.8 Å². The van der Waals surface area contributed by atoms with E-state index in [-0.39, 0.29) is 11.7 Å². The van der Waals surface area contributed by atoms with Gasteiger partial charge in [-0.15, -0.1) is 11.3 Å². The van der Waals surface area contributed by atoms with Gasteiger partial charge in [0.25, 0.3) is 0 Å². The summed E-state index contributed by atoms with van der Waals surface area (Å²) in [6.07, 6.45) is 1.35. The molecule has 7 nitrogen and oxygen atoms in total. The zero-order valence-corrected chi connectivity index (χ0v) is 25.3. The first kappa shape index (κ1) is 30.1. The van der Waals surface area contributed by atoms with Gasteiger partial charge in [-0.3, -0.25) is 4.79 Å². The van der Waals surface area contributed by atoms with E-state index in [1.54, 1.807) is 12.1 Å². The van der Waals surface area contributed by atoms with Crippen molar-refractivity contribution in [3.63, 3.8) is 0 Å². The fraction of sp³-hybridized carbons (Fsp3) is 0.394. The zero-order valence-electron chi connectivity index (χ0n) is 24.5. The molecule has 1 aliphatic heterocycles. The molecule has 1 aromatic carbocycles. The molecule has 3 aromatic heterocycles. The molecule has 1 saturated carbocycles. The van der Waals surface area contributed by atoms with Gasteiger partial charge in [0.2, 0.25) is 5.91 Å². The summed E-state index contributed by atoms with van der Waals surface area (Å²) in [6.45, 7) is 5.77. The molecule has 1 saturated heterocycles. The lowest BCUT2D eigenvalue weighted by Gasteiger charge is -2.32. The third-order valence-electron chi connectivity index (χ3n) is 8.62. The number of pyridine rings is 1. The molecule has 1 aliphatic carbocycles. The smallest absolute Gasteiger partial charge is 0.434 e. The predicted molar refractivity (Wildman–Crippen MR) is 161 cm³/mol.